The number of hydrogen-bond donors (Lipinski definition) is 2. The Hall–Kier alpha value is -2.57. The van der Waals surface area contributed by atoms with Gasteiger partial charge in [-0.25, -0.2) is 15.0 Å². The van der Waals surface area contributed by atoms with Crippen LogP contribution in [0.1, 0.15) is 12.0 Å². The summed E-state index contributed by atoms with van der Waals surface area (Å²) < 4.78 is 1.01. The van der Waals surface area contributed by atoms with Crippen LogP contribution in [-0.4, -0.2) is 33.2 Å². The molecule has 1 aromatic carbocycles. The molecule has 0 bridgehead atoms. The summed E-state index contributed by atoms with van der Waals surface area (Å²) in [6, 6.07) is 12.3. The van der Waals surface area contributed by atoms with Crippen molar-refractivity contribution in [2.45, 2.75) is 13.3 Å². The van der Waals surface area contributed by atoms with Gasteiger partial charge in [-0.2, -0.15) is 0 Å². The number of fused-ring (bicyclic) bond motifs is 3. The molecule has 0 saturated heterocycles. The SMILES string of the molecule is Cc1cc(-c2ccccc2)nc2sc3c(NCCCO)ncnc3c12. The van der Waals surface area contributed by atoms with E-state index in [-0.39, 0.29) is 6.61 Å². The van der Waals surface area contributed by atoms with Crippen LogP contribution in [0.15, 0.2) is 42.7 Å². The largest absolute Gasteiger partial charge is 0.396 e. The second-order valence-electron chi connectivity index (χ2n) is 5.88. The van der Waals surface area contributed by atoms with Crippen molar-refractivity contribution >= 4 is 37.6 Å². The van der Waals surface area contributed by atoms with E-state index < -0.39 is 0 Å². The topological polar surface area (TPSA) is 70.9 Å². The highest BCUT2D eigenvalue weighted by atomic mass is 32.1. The van der Waals surface area contributed by atoms with Gasteiger partial charge in [0.05, 0.1) is 15.9 Å². The summed E-state index contributed by atoms with van der Waals surface area (Å²) in [5.74, 6) is 0.808. The maximum atomic E-state index is 8.97. The Morgan fingerprint density at radius 1 is 1.16 bits per heavy atom. The Morgan fingerprint density at radius 2 is 2.00 bits per heavy atom. The Kier molecular flexibility index (Phi) is 4.29. The second-order valence-corrected chi connectivity index (χ2v) is 6.88. The van der Waals surface area contributed by atoms with Crippen molar-refractivity contribution in [3.63, 3.8) is 0 Å². The third kappa shape index (κ3) is 2.94. The Bertz CT molecular complexity index is 1030. The summed E-state index contributed by atoms with van der Waals surface area (Å²) in [5.41, 5.74) is 4.18. The highest BCUT2D eigenvalue weighted by Crippen LogP contribution is 2.38. The smallest absolute Gasteiger partial charge is 0.147 e. The van der Waals surface area contributed by atoms with Crippen molar-refractivity contribution in [3.8, 4) is 11.3 Å². The van der Waals surface area contributed by atoms with Gasteiger partial charge in [0.25, 0.3) is 0 Å². The minimum atomic E-state index is 0.161. The number of thiophene rings is 1. The quantitative estimate of drug-likeness (QED) is 0.532. The third-order valence-electron chi connectivity index (χ3n) is 4.12. The number of rotatable bonds is 5. The molecule has 0 aliphatic carbocycles. The van der Waals surface area contributed by atoms with Crippen LogP contribution in [0, 0.1) is 6.92 Å². The number of nitrogens with zero attached hydrogens (tertiary/aromatic N) is 3. The number of benzene rings is 1. The summed E-state index contributed by atoms with van der Waals surface area (Å²) in [4.78, 5) is 14.7. The zero-order valence-corrected chi connectivity index (χ0v) is 14.7. The van der Waals surface area contributed by atoms with Crippen molar-refractivity contribution in [2.24, 2.45) is 0 Å². The summed E-state index contributed by atoms with van der Waals surface area (Å²) in [6.45, 7) is 2.94. The molecule has 0 saturated carbocycles. The first-order chi connectivity index (χ1) is 12.3. The Morgan fingerprint density at radius 3 is 2.80 bits per heavy atom. The molecule has 3 aromatic heterocycles. The van der Waals surface area contributed by atoms with E-state index in [0.29, 0.717) is 13.0 Å². The first kappa shape index (κ1) is 15.9. The normalized spacial score (nSPS) is 11.3. The predicted octanol–water partition coefficient (Wildman–Crippen LogP) is 4.01. The van der Waals surface area contributed by atoms with E-state index in [4.69, 9.17) is 10.1 Å². The number of aromatic nitrogens is 3. The van der Waals surface area contributed by atoms with Gasteiger partial charge in [0.1, 0.15) is 17.0 Å². The van der Waals surface area contributed by atoms with Gasteiger partial charge >= 0.3 is 0 Å². The van der Waals surface area contributed by atoms with Crippen molar-refractivity contribution in [1.29, 1.82) is 0 Å². The van der Waals surface area contributed by atoms with Gasteiger partial charge in [0.15, 0.2) is 0 Å². The van der Waals surface area contributed by atoms with Gasteiger partial charge in [0, 0.05) is 24.1 Å². The number of pyridine rings is 1. The molecule has 0 aliphatic heterocycles. The average Bonchev–Trinajstić information content (AvgIpc) is 3.02. The van der Waals surface area contributed by atoms with Crippen LogP contribution in [0.3, 0.4) is 0 Å². The van der Waals surface area contributed by atoms with Crippen molar-refractivity contribution in [1.82, 2.24) is 15.0 Å². The fraction of sp³-hybridized carbons (Fsp3) is 0.211. The van der Waals surface area contributed by atoms with E-state index in [1.165, 1.54) is 0 Å². The highest BCUT2D eigenvalue weighted by Gasteiger charge is 2.15. The lowest BCUT2D eigenvalue weighted by Crippen LogP contribution is -2.05. The minimum absolute atomic E-state index is 0.161. The fourth-order valence-electron chi connectivity index (χ4n) is 2.92. The maximum absolute atomic E-state index is 8.97. The van der Waals surface area contributed by atoms with Gasteiger partial charge in [-0.1, -0.05) is 30.3 Å². The van der Waals surface area contributed by atoms with Crippen molar-refractivity contribution in [3.05, 3.63) is 48.3 Å². The molecular weight excluding hydrogens is 332 g/mol. The standard InChI is InChI=1S/C19H18N4OS/c1-12-10-14(13-6-3-2-4-7-13)23-19-15(12)16-17(25-19)18(22-11-21-16)20-8-5-9-24/h2-4,6-7,10-11,24H,5,8-9H2,1H3,(H,20,21,22). The lowest BCUT2D eigenvalue weighted by Gasteiger charge is -2.05. The number of nitrogens with one attached hydrogen (secondary N) is 1. The molecule has 4 aromatic rings. The number of aliphatic hydroxyl groups excluding tert-OH is 1. The molecule has 0 unspecified atom stereocenters. The van der Waals surface area contributed by atoms with Crippen molar-refractivity contribution < 1.29 is 5.11 Å². The van der Waals surface area contributed by atoms with Gasteiger partial charge in [-0.15, -0.1) is 11.3 Å². The zero-order chi connectivity index (χ0) is 17.2. The van der Waals surface area contributed by atoms with Crippen LogP contribution in [0.25, 0.3) is 31.7 Å². The van der Waals surface area contributed by atoms with E-state index in [1.807, 2.05) is 18.2 Å². The molecule has 6 heteroatoms. The Labute approximate surface area is 149 Å². The predicted molar refractivity (Wildman–Crippen MR) is 103 cm³/mol. The minimum Gasteiger partial charge on any atom is -0.396 e. The average molecular weight is 350 g/mol. The van der Waals surface area contributed by atoms with Gasteiger partial charge in [0.2, 0.25) is 0 Å². The maximum Gasteiger partial charge on any atom is 0.147 e. The first-order valence-corrected chi connectivity index (χ1v) is 9.04. The molecule has 2 N–H and O–H groups in total. The molecule has 3 heterocycles. The summed E-state index contributed by atoms with van der Waals surface area (Å²) in [7, 11) is 0. The lowest BCUT2D eigenvalue weighted by atomic mass is 10.1. The van der Waals surface area contributed by atoms with Gasteiger partial charge in [-0.05, 0) is 25.0 Å². The highest BCUT2D eigenvalue weighted by molar-refractivity contribution is 7.26. The molecule has 25 heavy (non-hydrogen) atoms. The van der Waals surface area contributed by atoms with Crippen molar-refractivity contribution in [2.75, 3.05) is 18.5 Å². The number of hydrogen-bond acceptors (Lipinski definition) is 6. The fourth-order valence-corrected chi connectivity index (χ4v) is 4.09. The summed E-state index contributed by atoms with van der Waals surface area (Å²) >= 11 is 1.61. The summed E-state index contributed by atoms with van der Waals surface area (Å²) in [6.07, 6.45) is 2.27. The molecule has 0 radical (unpaired) electrons. The van der Waals surface area contributed by atoms with E-state index in [1.54, 1.807) is 17.7 Å². The molecule has 126 valence electrons. The van der Waals surface area contributed by atoms with Crippen LogP contribution in [0.5, 0.6) is 0 Å². The van der Waals surface area contributed by atoms with Gasteiger partial charge in [-0.3, -0.25) is 0 Å². The van der Waals surface area contributed by atoms with E-state index in [2.05, 4.69) is 40.4 Å². The summed E-state index contributed by atoms with van der Waals surface area (Å²) in [5, 5.41) is 13.3. The van der Waals surface area contributed by atoms with E-state index in [0.717, 1.165) is 43.1 Å². The molecule has 0 spiro atoms. The van der Waals surface area contributed by atoms with Crippen LogP contribution in [0.4, 0.5) is 5.82 Å². The molecule has 0 amide bonds. The van der Waals surface area contributed by atoms with E-state index >= 15 is 0 Å². The van der Waals surface area contributed by atoms with Gasteiger partial charge < -0.3 is 10.4 Å². The van der Waals surface area contributed by atoms with Crippen LogP contribution >= 0.6 is 11.3 Å². The zero-order valence-electron chi connectivity index (χ0n) is 13.9. The molecule has 4 rings (SSSR count). The van der Waals surface area contributed by atoms with E-state index in [9.17, 15) is 0 Å². The second kappa shape index (κ2) is 6.74. The number of aryl methyl sites for hydroxylation is 1. The third-order valence-corrected chi connectivity index (χ3v) is 5.20. The first-order valence-electron chi connectivity index (χ1n) is 8.23. The number of aliphatic hydroxyl groups is 1. The molecule has 5 nitrogen and oxygen atoms in total. The Balaban J connectivity index is 1.87. The molecule has 0 aliphatic rings. The number of anilines is 1. The molecule has 0 fully saturated rings. The van der Waals surface area contributed by atoms with Crippen LogP contribution in [0.2, 0.25) is 0 Å². The van der Waals surface area contributed by atoms with Crippen LogP contribution in [-0.2, 0) is 0 Å². The monoisotopic (exact) mass is 350 g/mol. The lowest BCUT2D eigenvalue weighted by molar-refractivity contribution is 0.292. The molecule has 0 atom stereocenters. The van der Waals surface area contributed by atoms with Crippen LogP contribution < -0.4 is 5.32 Å². The molecular formula is C19H18N4OS.